The predicted molar refractivity (Wildman–Crippen MR) is 82.3 cm³/mol. The lowest BCUT2D eigenvalue weighted by atomic mass is 10.0. The summed E-state index contributed by atoms with van der Waals surface area (Å²) in [6, 6.07) is 0. The Morgan fingerprint density at radius 3 is 2.10 bits per heavy atom. The number of ether oxygens (including phenoxy) is 2. The molecule has 0 radical (unpaired) electrons. The van der Waals surface area contributed by atoms with Gasteiger partial charge in [0.1, 0.15) is 6.61 Å². The Bertz CT molecular complexity index is 319. The van der Waals surface area contributed by atoms with E-state index in [2.05, 4.69) is 11.9 Å². The molecule has 122 valence electrons. The van der Waals surface area contributed by atoms with Gasteiger partial charge in [-0.05, 0) is 46.6 Å². The van der Waals surface area contributed by atoms with Gasteiger partial charge in [-0.15, -0.1) is 0 Å². The fourth-order valence-electron chi connectivity index (χ4n) is 2.96. The summed E-state index contributed by atoms with van der Waals surface area (Å²) in [4.78, 5) is 16.3. The van der Waals surface area contributed by atoms with E-state index < -0.39 is 0 Å². The van der Waals surface area contributed by atoms with Gasteiger partial charge in [-0.3, -0.25) is 4.79 Å². The molecule has 2 aliphatic rings. The maximum atomic E-state index is 12.0. The highest BCUT2D eigenvalue weighted by atomic mass is 16.5. The molecule has 2 aliphatic heterocycles. The quantitative estimate of drug-likeness (QED) is 0.771. The average Bonchev–Trinajstić information content (AvgIpc) is 2.48. The third-order valence-electron chi connectivity index (χ3n) is 4.39. The third-order valence-corrected chi connectivity index (χ3v) is 4.39. The van der Waals surface area contributed by atoms with E-state index >= 15 is 0 Å². The van der Waals surface area contributed by atoms with Crippen LogP contribution in [-0.2, 0) is 14.3 Å². The second-order valence-electron chi connectivity index (χ2n) is 6.58. The fourth-order valence-corrected chi connectivity index (χ4v) is 2.96. The van der Waals surface area contributed by atoms with Gasteiger partial charge in [0.05, 0.1) is 18.3 Å². The summed E-state index contributed by atoms with van der Waals surface area (Å²) in [5, 5.41) is 0. The van der Waals surface area contributed by atoms with Gasteiger partial charge in [0, 0.05) is 26.2 Å². The van der Waals surface area contributed by atoms with Gasteiger partial charge in [0.2, 0.25) is 5.91 Å². The van der Waals surface area contributed by atoms with Crippen LogP contribution in [-0.4, -0.2) is 73.9 Å². The zero-order chi connectivity index (χ0) is 15.2. The molecule has 5 nitrogen and oxygen atoms in total. The van der Waals surface area contributed by atoms with Gasteiger partial charge in [0.15, 0.2) is 0 Å². The molecule has 2 heterocycles. The first kappa shape index (κ1) is 16.7. The molecule has 0 aromatic rings. The van der Waals surface area contributed by atoms with E-state index in [0.29, 0.717) is 12.2 Å². The number of nitrogens with zero attached hydrogens (tertiary/aromatic N) is 2. The number of rotatable bonds is 5. The Labute approximate surface area is 128 Å². The van der Waals surface area contributed by atoms with Crippen molar-refractivity contribution in [2.24, 2.45) is 0 Å². The summed E-state index contributed by atoms with van der Waals surface area (Å²) in [5.74, 6) is 0.112. The minimum absolute atomic E-state index is 0.110. The van der Waals surface area contributed by atoms with Crippen LogP contribution in [0, 0.1) is 0 Å². The smallest absolute Gasteiger partial charge is 0.248 e. The number of piperidine rings is 2. The molecule has 0 spiro atoms. The summed E-state index contributed by atoms with van der Waals surface area (Å²) >= 11 is 0. The van der Waals surface area contributed by atoms with Gasteiger partial charge in [-0.25, -0.2) is 0 Å². The second-order valence-corrected chi connectivity index (χ2v) is 6.58. The SMILES string of the molecule is CC(C)OCC(=O)N1CCC(OC2CCN(C)CC2)CC1. The summed E-state index contributed by atoms with van der Waals surface area (Å²) < 4.78 is 11.6. The molecule has 2 saturated heterocycles. The van der Waals surface area contributed by atoms with Gasteiger partial charge in [0.25, 0.3) is 0 Å². The summed E-state index contributed by atoms with van der Waals surface area (Å²) in [6.45, 7) is 7.99. The molecule has 0 aromatic heterocycles. The van der Waals surface area contributed by atoms with E-state index in [4.69, 9.17) is 9.47 Å². The van der Waals surface area contributed by atoms with Crippen molar-refractivity contribution in [2.45, 2.75) is 57.8 Å². The lowest BCUT2D eigenvalue weighted by Gasteiger charge is -2.36. The Balaban J connectivity index is 1.65. The first-order valence-corrected chi connectivity index (χ1v) is 8.28. The van der Waals surface area contributed by atoms with E-state index in [-0.39, 0.29) is 18.6 Å². The van der Waals surface area contributed by atoms with Crippen LogP contribution in [0.4, 0.5) is 0 Å². The predicted octanol–water partition coefficient (Wildman–Crippen LogP) is 1.51. The number of likely N-dealkylation sites (tertiary alicyclic amines) is 2. The molecule has 0 N–H and O–H groups in total. The number of hydrogen-bond donors (Lipinski definition) is 0. The van der Waals surface area contributed by atoms with Crippen molar-refractivity contribution < 1.29 is 14.3 Å². The standard InChI is InChI=1S/C16H30N2O3/c1-13(2)20-12-16(19)18-10-6-15(7-11-18)21-14-4-8-17(3)9-5-14/h13-15H,4-12H2,1-3H3. The van der Waals surface area contributed by atoms with Gasteiger partial charge < -0.3 is 19.3 Å². The minimum atomic E-state index is 0.110. The molecule has 0 aliphatic carbocycles. The highest BCUT2D eigenvalue weighted by Gasteiger charge is 2.26. The number of carbonyl (C=O) groups is 1. The molecule has 0 aromatic carbocycles. The fraction of sp³-hybridized carbons (Fsp3) is 0.938. The van der Waals surface area contributed by atoms with E-state index in [0.717, 1.165) is 51.9 Å². The first-order valence-electron chi connectivity index (χ1n) is 8.28. The van der Waals surface area contributed by atoms with E-state index in [1.807, 2.05) is 18.7 Å². The molecule has 0 atom stereocenters. The van der Waals surface area contributed by atoms with Gasteiger partial charge >= 0.3 is 0 Å². The van der Waals surface area contributed by atoms with Crippen LogP contribution >= 0.6 is 0 Å². The Kier molecular flexibility index (Phi) is 6.45. The Morgan fingerprint density at radius 2 is 1.57 bits per heavy atom. The molecular formula is C16H30N2O3. The Hall–Kier alpha value is -0.650. The average molecular weight is 298 g/mol. The van der Waals surface area contributed by atoms with Crippen LogP contribution in [0.25, 0.3) is 0 Å². The van der Waals surface area contributed by atoms with E-state index in [1.54, 1.807) is 0 Å². The van der Waals surface area contributed by atoms with Crippen molar-refractivity contribution in [1.29, 1.82) is 0 Å². The second kappa shape index (κ2) is 8.11. The largest absolute Gasteiger partial charge is 0.375 e. The molecule has 5 heteroatoms. The highest BCUT2D eigenvalue weighted by molar-refractivity contribution is 5.77. The molecular weight excluding hydrogens is 268 g/mol. The van der Waals surface area contributed by atoms with Crippen LogP contribution < -0.4 is 0 Å². The zero-order valence-corrected chi connectivity index (χ0v) is 13.7. The van der Waals surface area contributed by atoms with Crippen molar-refractivity contribution >= 4 is 5.91 Å². The molecule has 0 unspecified atom stereocenters. The van der Waals surface area contributed by atoms with Crippen molar-refractivity contribution in [3.8, 4) is 0 Å². The molecule has 2 fully saturated rings. The van der Waals surface area contributed by atoms with Gasteiger partial charge in [-0.2, -0.15) is 0 Å². The lowest BCUT2D eigenvalue weighted by Crippen LogP contribution is -2.44. The maximum absolute atomic E-state index is 12.0. The van der Waals surface area contributed by atoms with E-state index in [1.165, 1.54) is 0 Å². The van der Waals surface area contributed by atoms with Crippen LogP contribution in [0.1, 0.15) is 39.5 Å². The Morgan fingerprint density at radius 1 is 1.05 bits per heavy atom. The molecule has 0 bridgehead atoms. The molecule has 21 heavy (non-hydrogen) atoms. The summed E-state index contributed by atoms with van der Waals surface area (Å²) in [5.41, 5.74) is 0. The van der Waals surface area contributed by atoms with Crippen LogP contribution in [0.2, 0.25) is 0 Å². The highest BCUT2D eigenvalue weighted by Crippen LogP contribution is 2.20. The monoisotopic (exact) mass is 298 g/mol. The molecule has 2 rings (SSSR count). The van der Waals surface area contributed by atoms with Crippen LogP contribution in [0.15, 0.2) is 0 Å². The normalized spacial score (nSPS) is 23.0. The summed E-state index contributed by atoms with van der Waals surface area (Å²) in [7, 11) is 2.17. The van der Waals surface area contributed by atoms with Gasteiger partial charge in [-0.1, -0.05) is 0 Å². The van der Waals surface area contributed by atoms with Crippen molar-refractivity contribution in [1.82, 2.24) is 9.80 Å². The third kappa shape index (κ3) is 5.57. The lowest BCUT2D eigenvalue weighted by molar-refractivity contribution is -0.141. The maximum Gasteiger partial charge on any atom is 0.248 e. The minimum Gasteiger partial charge on any atom is -0.375 e. The topological polar surface area (TPSA) is 42.0 Å². The van der Waals surface area contributed by atoms with Crippen molar-refractivity contribution in [3.05, 3.63) is 0 Å². The molecule has 1 amide bonds. The van der Waals surface area contributed by atoms with Crippen LogP contribution in [0.3, 0.4) is 0 Å². The summed E-state index contributed by atoms with van der Waals surface area (Å²) in [6.07, 6.45) is 5.04. The van der Waals surface area contributed by atoms with Crippen molar-refractivity contribution in [2.75, 3.05) is 39.8 Å². The number of carbonyl (C=O) groups excluding carboxylic acids is 1. The number of hydrogen-bond acceptors (Lipinski definition) is 4. The van der Waals surface area contributed by atoms with Crippen LogP contribution in [0.5, 0.6) is 0 Å². The molecule has 0 saturated carbocycles. The van der Waals surface area contributed by atoms with Crippen molar-refractivity contribution in [3.63, 3.8) is 0 Å². The number of amides is 1. The first-order chi connectivity index (χ1) is 10.0. The zero-order valence-electron chi connectivity index (χ0n) is 13.7. The van der Waals surface area contributed by atoms with E-state index in [9.17, 15) is 4.79 Å².